The van der Waals surface area contributed by atoms with Gasteiger partial charge in [-0.25, -0.2) is 0 Å². The molecule has 2 N–H and O–H groups in total. The molecule has 0 saturated carbocycles. The van der Waals surface area contributed by atoms with Crippen molar-refractivity contribution in [2.75, 3.05) is 46.0 Å². The second-order valence-electron chi connectivity index (χ2n) is 5.46. The van der Waals surface area contributed by atoms with E-state index in [0.29, 0.717) is 0 Å². The molecule has 0 aromatic heterocycles. The van der Waals surface area contributed by atoms with Crippen LogP contribution in [0.3, 0.4) is 0 Å². The van der Waals surface area contributed by atoms with Crippen LogP contribution in [0.15, 0.2) is 40.2 Å². The van der Waals surface area contributed by atoms with Crippen molar-refractivity contribution >= 4 is 17.7 Å². The van der Waals surface area contributed by atoms with Crippen molar-refractivity contribution in [3.05, 3.63) is 30.3 Å². The van der Waals surface area contributed by atoms with Crippen molar-refractivity contribution in [3.8, 4) is 0 Å². The van der Waals surface area contributed by atoms with Gasteiger partial charge in [0.05, 0.1) is 0 Å². The van der Waals surface area contributed by atoms with Gasteiger partial charge in [-0.15, -0.1) is 11.8 Å². The highest BCUT2D eigenvalue weighted by Gasteiger charge is 2.19. The number of thioether (sulfide) groups is 1. The van der Waals surface area contributed by atoms with Crippen LogP contribution in [0.5, 0.6) is 0 Å². The van der Waals surface area contributed by atoms with E-state index in [4.69, 9.17) is 0 Å². The normalized spacial score (nSPS) is 19.7. The predicted octanol–water partition coefficient (Wildman–Crippen LogP) is 1.90. The van der Waals surface area contributed by atoms with Crippen molar-refractivity contribution < 1.29 is 0 Å². The standard InChI is InChI=1S/C16H26N4S/c1-17-16(19-12-14-8-10-20(2)13-14)18-9-11-21-15-6-4-3-5-7-15/h3-7,14H,8-13H2,1-2H3,(H2,17,18,19). The Labute approximate surface area is 132 Å². The summed E-state index contributed by atoms with van der Waals surface area (Å²) < 4.78 is 0. The van der Waals surface area contributed by atoms with Crippen molar-refractivity contribution in [1.82, 2.24) is 15.5 Å². The number of aliphatic imine (C=N–C) groups is 1. The summed E-state index contributed by atoms with van der Waals surface area (Å²) in [5.41, 5.74) is 0. The summed E-state index contributed by atoms with van der Waals surface area (Å²) in [6.45, 7) is 4.33. The number of nitrogens with zero attached hydrogens (tertiary/aromatic N) is 2. The van der Waals surface area contributed by atoms with Gasteiger partial charge >= 0.3 is 0 Å². The molecular formula is C16H26N4S. The molecule has 1 aliphatic rings. The lowest BCUT2D eigenvalue weighted by atomic mass is 10.1. The molecule has 4 nitrogen and oxygen atoms in total. The van der Waals surface area contributed by atoms with Gasteiger partial charge in [-0.3, -0.25) is 4.99 Å². The van der Waals surface area contributed by atoms with Gasteiger partial charge in [0.25, 0.3) is 0 Å². The molecule has 1 heterocycles. The molecule has 1 aromatic carbocycles. The van der Waals surface area contributed by atoms with E-state index >= 15 is 0 Å². The van der Waals surface area contributed by atoms with E-state index in [9.17, 15) is 0 Å². The molecule has 1 aromatic rings. The molecule has 0 spiro atoms. The zero-order valence-electron chi connectivity index (χ0n) is 13.0. The zero-order chi connectivity index (χ0) is 14.9. The monoisotopic (exact) mass is 306 g/mol. The van der Waals surface area contributed by atoms with Crippen LogP contribution in [0.25, 0.3) is 0 Å². The maximum atomic E-state index is 4.28. The first-order valence-electron chi connectivity index (χ1n) is 7.59. The molecule has 5 heteroatoms. The molecule has 0 bridgehead atoms. The van der Waals surface area contributed by atoms with E-state index in [0.717, 1.165) is 30.7 Å². The third-order valence-corrected chi connectivity index (χ3v) is 4.69. The van der Waals surface area contributed by atoms with Crippen LogP contribution in [-0.4, -0.2) is 56.9 Å². The smallest absolute Gasteiger partial charge is 0.191 e. The van der Waals surface area contributed by atoms with Crippen LogP contribution >= 0.6 is 11.8 Å². The van der Waals surface area contributed by atoms with Crippen molar-refractivity contribution in [2.24, 2.45) is 10.9 Å². The third-order valence-electron chi connectivity index (χ3n) is 3.68. The molecule has 116 valence electrons. The average Bonchev–Trinajstić information content (AvgIpc) is 2.93. The Hall–Kier alpha value is -1.20. The topological polar surface area (TPSA) is 39.7 Å². The van der Waals surface area contributed by atoms with Crippen molar-refractivity contribution in [1.29, 1.82) is 0 Å². The number of likely N-dealkylation sites (tertiary alicyclic amines) is 1. The van der Waals surface area contributed by atoms with Gasteiger partial charge in [0.1, 0.15) is 0 Å². The summed E-state index contributed by atoms with van der Waals surface area (Å²) in [5.74, 6) is 2.70. The van der Waals surface area contributed by atoms with Gasteiger partial charge in [-0.2, -0.15) is 0 Å². The summed E-state index contributed by atoms with van der Waals surface area (Å²) in [6, 6.07) is 10.5. The molecule has 2 rings (SSSR count). The molecule has 0 radical (unpaired) electrons. The van der Waals surface area contributed by atoms with Gasteiger partial charge in [0, 0.05) is 37.3 Å². The van der Waals surface area contributed by atoms with E-state index in [1.165, 1.54) is 24.4 Å². The highest BCUT2D eigenvalue weighted by atomic mass is 32.2. The van der Waals surface area contributed by atoms with Gasteiger partial charge in [0.15, 0.2) is 5.96 Å². The number of hydrogen-bond donors (Lipinski definition) is 2. The van der Waals surface area contributed by atoms with E-state index < -0.39 is 0 Å². The Morgan fingerprint density at radius 2 is 2.14 bits per heavy atom. The number of nitrogens with one attached hydrogen (secondary N) is 2. The fraction of sp³-hybridized carbons (Fsp3) is 0.562. The highest BCUT2D eigenvalue weighted by molar-refractivity contribution is 7.99. The SMILES string of the molecule is CN=C(NCCSc1ccccc1)NCC1CCN(C)C1. The van der Waals surface area contributed by atoms with Crippen LogP contribution in [0.1, 0.15) is 6.42 Å². The first-order chi connectivity index (χ1) is 10.3. The summed E-state index contributed by atoms with van der Waals surface area (Å²) in [4.78, 5) is 7.99. The van der Waals surface area contributed by atoms with Crippen LogP contribution < -0.4 is 10.6 Å². The summed E-state index contributed by atoms with van der Waals surface area (Å²) in [6.07, 6.45) is 1.28. The fourth-order valence-electron chi connectivity index (χ4n) is 2.51. The van der Waals surface area contributed by atoms with E-state index in [1.54, 1.807) is 0 Å². The minimum absolute atomic E-state index is 0.743. The number of hydrogen-bond acceptors (Lipinski definition) is 3. The van der Waals surface area contributed by atoms with Gasteiger partial charge in [-0.05, 0) is 38.1 Å². The second-order valence-corrected chi connectivity index (χ2v) is 6.63. The Morgan fingerprint density at radius 1 is 1.33 bits per heavy atom. The minimum atomic E-state index is 0.743. The summed E-state index contributed by atoms with van der Waals surface area (Å²) in [7, 11) is 4.02. The lowest BCUT2D eigenvalue weighted by Crippen LogP contribution is -2.41. The number of rotatable bonds is 6. The zero-order valence-corrected chi connectivity index (χ0v) is 13.8. The molecular weight excluding hydrogens is 280 g/mol. The Balaban J connectivity index is 1.59. The Morgan fingerprint density at radius 3 is 2.81 bits per heavy atom. The Kier molecular flexibility index (Phi) is 6.89. The largest absolute Gasteiger partial charge is 0.356 e. The van der Waals surface area contributed by atoms with E-state index in [1.807, 2.05) is 18.8 Å². The first-order valence-corrected chi connectivity index (χ1v) is 8.57. The Bertz CT molecular complexity index is 435. The minimum Gasteiger partial charge on any atom is -0.356 e. The molecule has 0 amide bonds. The maximum absolute atomic E-state index is 4.28. The van der Waals surface area contributed by atoms with Gasteiger partial charge in [-0.1, -0.05) is 18.2 Å². The van der Waals surface area contributed by atoms with Gasteiger partial charge in [0.2, 0.25) is 0 Å². The summed E-state index contributed by atoms with van der Waals surface area (Å²) in [5, 5.41) is 6.81. The van der Waals surface area contributed by atoms with Crippen molar-refractivity contribution in [2.45, 2.75) is 11.3 Å². The lowest BCUT2D eigenvalue weighted by molar-refractivity contribution is 0.394. The molecule has 1 atom stereocenters. The van der Waals surface area contributed by atoms with E-state index in [-0.39, 0.29) is 0 Å². The highest BCUT2D eigenvalue weighted by Crippen LogP contribution is 2.15. The van der Waals surface area contributed by atoms with Crippen LogP contribution in [0.4, 0.5) is 0 Å². The van der Waals surface area contributed by atoms with Crippen molar-refractivity contribution in [3.63, 3.8) is 0 Å². The molecule has 1 aliphatic heterocycles. The van der Waals surface area contributed by atoms with E-state index in [2.05, 4.69) is 57.9 Å². The summed E-state index contributed by atoms with van der Waals surface area (Å²) >= 11 is 1.86. The predicted molar refractivity (Wildman–Crippen MR) is 92.1 cm³/mol. The molecule has 1 saturated heterocycles. The fourth-order valence-corrected chi connectivity index (χ4v) is 3.30. The third kappa shape index (κ3) is 5.98. The molecule has 21 heavy (non-hydrogen) atoms. The molecule has 0 aliphatic carbocycles. The van der Waals surface area contributed by atoms with Crippen LogP contribution in [-0.2, 0) is 0 Å². The number of benzene rings is 1. The number of guanidine groups is 1. The molecule has 1 fully saturated rings. The second kappa shape index (κ2) is 8.95. The average molecular weight is 306 g/mol. The first kappa shape index (κ1) is 16.2. The van der Waals surface area contributed by atoms with Gasteiger partial charge < -0.3 is 15.5 Å². The van der Waals surface area contributed by atoms with Crippen LogP contribution in [0.2, 0.25) is 0 Å². The quantitative estimate of drug-likeness (QED) is 0.364. The lowest BCUT2D eigenvalue weighted by Gasteiger charge is -2.15. The molecule has 1 unspecified atom stereocenters. The maximum Gasteiger partial charge on any atom is 0.191 e. The van der Waals surface area contributed by atoms with Crippen LogP contribution in [0, 0.1) is 5.92 Å².